The van der Waals surface area contributed by atoms with Crippen molar-refractivity contribution >= 4 is 6.21 Å². The van der Waals surface area contributed by atoms with Crippen LogP contribution in [0.15, 0.2) is 84.0 Å². The van der Waals surface area contributed by atoms with Crippen molar-refractivity contribution in [3.63, 3.8) is 0 Å². The molecule has 3 nitrogen and oxygen atoms in total. The topological polar surface area (TPSA) is 30.8 Å². The zero-order valence-corrected chi connectivity index (χ0v) is 13.6. The van der Waals surface area contributed by atoms with Gasteiger partial charge in [0.1, 0.15) is 12.4 Å². The van der Waals surface area contributed by atoms with Crippen LogP contribution in [0.1, 0.15) is 11.1 Å². The van der Waals surface area contributed by atoms with Crippen LogP contribution < -0.4 is 4.74 Å². The van der Waals surface area contributed by atoms with Gasteiger partial charge >= 0.3 is 0 Å². The Labute approximate surface area is 142 Å². The third kappa shape index (κ3) is 4.23. The number of nitrogens with zero attached hydrogens (tertiary/aromatic N) is 1. The Hall–Kier alpha value is -3.07. The molecule has 0 heterocycles. The van der Waals surface area contributed by atoms with Crippen molar-refractivity contribution in [1.82, 2.24) is 0 Å². The van der Waals surface area contributed by atoms with Crippen LogP contribution in [0.25, 0.3) is 11.1 Å². The summed E-state index contributed by atoms with van der Waals surface area (Å²) in [5.74, 6) is 0.826. The van der Waals surface area contributed by atoms with Crippen molar-refractivity contribution in [2.24, 2.45) is 5.16 Å². The Morgan fingerprint density at radius 2 is 1.46 bits per heavy atom. The summed E-state index contributed by atoms with van der Waals surface area (Å²) in [5, 5.41) is 4.01. The lowest BCUT2D eigenvalue weighted by Gasteiger charge is -2.04. The van der Waals surface area contributed by atoms with Crippen LogP contribution in [-0.2, 0) is 11.4 Å². The average molecular weight is 317 g/mol. The van der Waals surface area contributed by atoms with Crippen molar-refractivity contribution in [2.45, 2.75) is 6.61 Å². The van der Waals surface area contributed by atoms with Gasteiger partial charge in [0.05, 0.1) is 13.3 Å². The minimum atomic E-state index is 0.446. The fourth-order valence-corrected chi connectivity index (χ4v) is 2.32. The molecule has 0 fully saturated rings. The van der Waals surface area contributed by atoms with Gasteiger partial charge in [-0.2, -0.15) is 0 Å². The van der Waals surface area contributed by atoms with Gasteiger partial charge in [-0.15, -0.1) is 0 Å². The first-order valence-electron chi connectivity index (χ1n) is 7.79. The molecule has 0 aromatic heterocycles. The molecule has 120 valence electrons. The minimum Gasteiger partial charge on any atom is -0.497 e. The summed E-state index contributed by atoms with van der Waals surface area (Å²) < 4.78 is 5.12. The maximum Gasteiger partial charge on any atom is 0.142 e. The number of rotatable bonds is 6. The minimum absolute atomic E-state index is 0.446. The fourth-order valence-electron chi connectivity index (χ4n) is 2.32. The van der Waals surface area contributed by atoms with Gasteiger partial charge in [-0.1, -0.05) is 59.8 Å². The number of oxime groups is 1. The monoisotopic (exact) mass is 317 g/mol. The normalized spacial score (nSPS) is 10.7. The Morgan fingerprint density at radius 1 is 0.792 bits per heavy atom. The highest BCUT2D eigenvalue weighted by molar-refractivity contribution is 5.79. The quantitative estimate of drug-likeness (QED) is 0.477. The van der Waals surface area contributed by atoms with E-state index in [0.717, 1.165) is 16.9 Å². The van der Waals surface area contributed by atoms with Gasteiger partial charge in [0.2, 0.25) is 0 Å². The molecule has 0 atom stereocenters. The van der Waals surface area contributed by atoms with E-state index in [-0.39, 0.29) is 0 Å². The summed E-state index contributed by atoms with van der Waals surface area (Å²) in [7, 11) is 1.65. The van der Waals surface area contributed by atoms with Gasteiger partial charge in [0, 0.05) is 0 Å². The summed E-state index contributed by atoms with van der Waals surface area (Å²) in [6.07, 6.45) is 1.69. The summed E-state index contributed by atoms with van der Waals surface area (Å²) in [6.45, 7) is 0.446. The van der Waals surface area contributed by atoms with Crippen molar-refractivity contribution < 1.29 is 9.57 Å². The molecule has 3 heteroatoms. The Balaban J connectivity index is 1.54. The van der Waals surface area contributed by atoms with Gasteiger partial charge < -0.3 is 9.57 Å². The van der Waals surface area contributed by atoms with Crippen LogP contribution in [-0.4, -0.2) is 13.3 Å². The van der Waals surface area contributed by atoms with E-state index in [1.54, 1.807) is 13.3 Å². The van der Waals surface area contributed by atoms with Gasteiger partial charge in [-0.3, -0.25) is 0 Å². The van der Waals surface area contributed by atoms with Crippen LogP contribution in [0.4, 0.5) is 0 Å². The highest BCUT2D eigenvalue weighted by Gasteiger charge is 1.98. The number of hydrogen-bond donors (Lipinski definition) is 0. The van der Waals surface area contributed by atoms with E-state index in [4.69, 9.17) is 9.57 Å². The van der Waals surface area contributed by atoms with Gasteiger partial charge in [0.25, 0.3) is 0 Å². The maximum atomic E-state index is 5.36. The first-order chi connectivity index (χ1) is 11.8. The molecule has 0 aliphatic heterocycles. The standard InChI is InChI=1S/C21H19NO2/c1-23-21-13-9-17(10-14-21)15-22-24-16-18-7-11-20(12-8-18)19-5-3-2-4-6-19/h2-15H,16H2,1H3. The molecular formula is C21H19NO2. The second-order valence-corrected chi connectivity index (χ2v) is 5.34. The number of ether oxygens (including phenoxy) is 1. The molecule has 0 spiro atoms. The highest BCUT2D eigenvalue weighted by Crippen LogP contribution is 2.19. The summed E-state index contributed by atoms with van der Waals surface area (Å²) in [6, 6.07) is 26.3. The van der Waals surface area contributed by atoms with E-state index in [1.165, 1.54) is 11.1 Å². The molecule has 0 bridgehead atoms. The third-order valence-electron chi connectivity index (χ3n) is 3.68. The summed E-state index contributed by atoms with van der Waals surface area (Å²) in [4.78, 5) is 5.36. The molecule has 0 N–H and O–H groups in total. The van der Waals surface area contributed by atoms with Crippen LogP contribution >= 0.6 is 0 Å². The SMILES string of the molecule is COc1ccc(C=NOCc2ccc(-c3ccccc3)cc2)cc1. The first-order valence-corrected chi connectivity index (χ1v) is 7.79. The van der Waals surface area contributed by atoms with Gasteiger partial charge in [-0.25, -0.2) is 0 Å². The predicted octanol–water partition coefficient (Wildman–Crippen LogP) is 4.91. The molecular weight excluding hydrogens is 298 g/mol. The molecule has 0 unspecified atom stereocenters. The molecule has 0 aliphatic rings. The number of methoxy groups -OCH3 is 1. The number of hydrogen-bond acceptors (Lipinski definition) is 3. The maximum absolute atomic E-state index is 5.36. The summed E-state index contributed by atoms with van der Waals surface area (Å²) >= 11 is 0. The van der Waals surface area contributed by atoms with E-state index in [9.17, 15) is 0 Å². The fraction of sp³-hybridized carbons (Fsp3) is 0.0952. The Kier molecular flexibility index (Phi) is 5.25. The molecule has 3 rings (SSSR count). The second kappa shape index (κ2) is 7.97. The zero-order valence-electron chi connectivity index (χ0n) is 13.6. The molecule has 24 heavy (non-hydrogen) atoms. The van der Waals surface area contributed by atoms with E-state index >= 15 is 0 Å². The van der Waals surface area contributed by atoms with Crippen LogP contribution in [0.5, 0.6) is 5.75 Å². The molecule has 3 aromatic rings. The Bertz CT molecular complexity index is 778. The average Bonchev–Trinajstić information content (AvgIpc) is 2.67. The van der Waals surface area contributed by atoms with Crippen LogP contribution in [0.3, 0.4) is 0 Å². The third-order valence-corrected chi connectivity index (χ3v) is 3.68. The van der Waals surface area contributed by atoms with Crippen LogP contribution in [0.2, 0.25) is 0 Å². The Morgan fingerprint density at radius 3 is 2.12 bits per heavy atom. The van der Waals surface area contributed by atoms with E-state index in [0.29, 0.717) is 6.61 Å². The predicted molar refractivity (Wildman–Crippen MR) is 97.3 cm³/mol. The molecule has 0 saturated heterocycles. The van der Waals surface area contributed by atoms with Gasteiger partial charge in [-0.05, 0) is 46.5 Å². The van der Waals surface area contributed by atoms with Crippen molar-refractivity contribution in [2.75, 3.05) is 7.11 Å². The van der Waals surface area contributed by atoms with E-state index in [2.05, 4.69) is 41.6 Å². The highest BCUT2D eigenvalue weighted by atomic mass is 16.6. The molecule has 0 amide bonds. The lowest BCUT2D eigenvalue weighted by Crippen LogP contribution is -1.89. The van der Waals surface area contributed by atoms with Crippen molar-refractivity contribution in [1.29, 1.82) is 0 Å². The van der Waals surface area contributed by atoms with Gasteiger partial charge in [0.15, 0.2) is 0 Å². The molecule has 0 aliphatic carbocycles. The van der Waals surface area contributed by atoms with Crippen molar-refractivity contribution in [3.05, 3.63) is 90.0 Å². The molecule has 0 saturated carbocycles. The summed E-state index contributed by atoms with van der Waals surface area (Å²) in [5.41, 5.74) is 4.46. The zero-order chi connectivity index (χ0) is 16.6. The lowest BCUT2D eigenvalue weighted by atomic mass is 10.0. The smallest absolute Gasteiger partial charge is 0.142 e. The first kappa shape index (κ1) is 15.8. The molecule has 3 aromatic carbocycles. The van der Waals surface area contributed by atoms with E-state index in [1.807, 2.05) is 42.5 Å². The number of benzene rings is 3. The lowest BCUT2D eigenvalue weighted by molar-refractivity contribution is 0.132. The largest absolute Gasteiger partial charge is 0.497 e. The van der Waals surface area contributed by atoms with E-state index < -0.39 is 0 Å². The van der Waals surface area contributed by atoms with Crippen molar-refractivity contribution in [3.8, 4) is 16.9 Å². The van der Waals surface area contributed by atoms with Crippen LogP contribution in [0, 0.1) is 0 Å². The molecule has 0 radical (unpaired) electrons. The second-order valence-electron chi connectivity index (χ2n) is 5.34.